The van der Waals surface area contributed by atoms with Gasteiger partial charge in [-0.15, -0.1) is 0 Å². The smallest absolute Gasteiger partial charge is 0.234 e. The second-order valence-corrected chi connectivity index (χ2v) is 4.74. The molecule has 3 N–H and O–H groups in total. The van der Waals surface area contributed by atoms with Gasteiger partial charge in [0.15, 0.2) is 0 Å². The molecule has 0 aliphatic heterocycles. The molecule has 3 nitrogen and oxygen atoms in total. The molecule has 0 spiro atoms. The van der Waals surface area contributed by atoms with Gasteiger partial charge in [-0.3, -0.25) is 10.1 Å². The van der Waals surface area contributed by atoms with Gasteiger partial charge in [0, 0.05) is 6.04 Å². The number of rotatable bonds is 5. The number of hydrogen-bond donors (Lipinski definition) is 2. The topological polar surface area (TPSA) is 55.1 Å². The molecule has 0 heterocycles. The van der Waals surface area contributed by atoms with Gasteiger partial charge in [0.05, 0.1) is 16.1 Å². The van der Waals surface area contributed by atoms with E-state index in [1.165, 1.54) is 0 Å². The zero-order chi connectivity index (χ0) is 13.0. The average Bonchev–Trinajstić information content (AvgIpc) is 2.28. The molecular weight excluding hydrogens is 259 g/mol. The third-order valence-corrected chi connectivity index (χ3v) is 3.39. The van der Waals surface area contributed by atoms with Crippen molar-refractivity contribution in [2.45, 2.75) is 32.4 Å². The van der Waals surface area contributed by atoms with E-state index in [2.05, 4.69) is 5.32 Å². The van der Waals surface area contributed by atoms with Crippen LogP contribution >= 0.6 is 23.2 Å². The maximum Gasteiger partial charge on any atom is 0.234 e. The van der Waals surface area contributed by atoms with Crippen molar-refractivity contribution in [2.24, 2.45) is 5.73 Å². The summed E-state index contributed by atoms with van der Waals surface area (Å²) in [7, 11) is 0. The molecule has 0 saturated heterocycles. The minimum atomic E-state index is -0.348. The largest absolute Gasteiger partial charge is 0.368 e. The quantitative estimate of drug-likeness (QED) is 0.868. The van der Waals surface area contributed by atoms with E-state index in [9.17, 15) is 4.79 Å². The number of carbonyl (C=O) groups is 1. The van der Waals surface area contributed by atoms with Crippen LogP contribution < -0.4 is 11.1 Å². The van der Waals surface area contributed by atoms with Gasteiger partial charge in [-0.05, 0) is 31.0 Å². The Balaban J connectivity index is 2.78. The third-order valence-electron chi connectivity index (χ3n) is 2.65. The van der Waals surface area contributed by atoms with Crippen molar-refractivity contribution in [2.75, 3.05) is 0 Å². The van der Waals surface area contributed by atoms with E-state index < -0.39 is 0 Å². The van der Waals surface area contributed by atoms with Crippen molar-refractivity contribution in [3.8, 4) is 0 Å². The van der Waals surface area contributed by atoms with Gasteiger partial charge in [0.2, 0.25) is 5.91 Å². The highest BCUT2D eigenvalue weighted by Gasteiger charge is 2.16. The number of amides is 1. The molecule has 0 aliphatic carbocycles. The fourth-order valence-electron chi connectivity index (χ4n) is 1.58. The van der Waals surface area contributed by atoms with Gasteiger partial charge >= 0.3 is 0 Å². The lowest BCUT2D eigenvalue weighted by atomic mass is 10.1. The predicted octanol–water partition coefficient (Wildman–Crippen LogP) is 2.91. The molecule has 2 atom stereocenters. The molecule has 94 valence electrons. The molecule has 17 heavy (non-hydrogen) atoms. The molecule has 0 aromatic heterocycles. The molecule has 1 rings (SSSR count). The van der Waals surface area contributed by atoms with E-state index >= 15 is 0 Å². The van der Waals surface area contributed by atoms with E-state index in [1.54, 1.807) is 12.1 Å². The lowest BCUT2D eigenvalue weighted by Crippen LogP contribution is -2.41. The summed E-state index contributed by atoms with van der Waals surface area (Å²) in [6, 6.07) is 5.05. The first kappa shape index (κ1) is 14.3. The summed E-state index contributed by atoms with van der Waals surface area (Å²) in [5.74, 6) is -0.348. The fraction of sp³-hybridized carbons (Fsp3) is 0.417. The number of primary amides is 1. The maximum absolute atomic E-state index is 11.1. The molecule has 0 bridgehead atoms. The first-order valence-corrected chi connectivity index (χ1v) is 6.21. The minimum absolute atomic E-state index is 0.0118. The summed E-state index contributed by atoms with van der Waals surface area (Å²) in [4.78, 5) is 11.1. The van der Waals surface area contributed by atoms with Crippen LogP contribution in [-0.2, 0) is 4.79 Å². The summed E-state index contributed by atoms with van der Waals surface area (Å²) < 4.78 is 0. The maximum atomic E-state index is 11.1. The lowest BCUT2D eigenvalue weighted by Gasteiger charge is -2.20. The second kappa shape index (κ2) is 6.24. The Kier molecular flexibility index (Phi) is 5.25. The van der Waals surface area contributed by atoms with Gasteiger partial charge < -0.3 is 5.73 Å². The average molecular weight is 275 g/mol. The zero-order valence-corrected chi connectivity index (χ0v) is 11.3. The van der Waals surface area contributed by atoms with Crippen LogP contribution in [0.4, 0.5) is 0 Å². The fourth-order valence-corrected chi connectivity index (χ4v) is 1.89. The van der Waals surface area contributed by atoms with Crippen LogP contribution in [0.5, 0.6) is 0 Å². The Hall–Kier alpha value is -0.770. The normalized spacial score (nSPS) is 14.4. The van der Waals surface area contributed by atoms with Crippen molar-refractivity contribution in [1.29, 1.82) is 0 Å². The van der Waals surface area contributed by atoms with E-state index in [1.807, 2.05) is 19.9 Å². The van der Waals surface area contributed by atoms with Gasteiger partial charge in [0.1, 0.15) is 0 Å². The molecule has 1 aromatic rings. The van der Waals surface area contributed by atoms with Gasteiger partial charge in [-0.2, -0.15) is 0 Å². The zero-order valence-electron chi connectivity index (χ0n) is 9.84. The number of benzene rings is 1. The highest BCUT2D eigenvalue weighted by Crippen LogP contribution is 2.25. The van der Waals surface area contributed by atoms with Crippen LogP contribution in [0.2, 0.25) is 10.0 Å². The summed E-state index contributed by atoms with van der Waals surface area (Å²) in [6.07, 6.45) is 0.654. The molecular formula is C12H16Cl2N2O. The van der Waals surface area contributed by atoms with E-state index in [0.717, 1.165) is 5.56 Å². The van der Waals surface area contributed by atoms with Gasteiger partial charge in [0.25, 0.3) is 0 Å². The predicted molar refractivity (Wildman–Crippen MR) is 71.3 cm³/mol. The lowest BCUT2D eigenvalue weighted by molar-refractivity contribution is -0.120. The SMILES string of the molecule is CC[C@H](N[C@@H](C)c1ccc(Cl)c(Cl)c1)C(N)=O. The first-order valence-electron chi connectivity index (χ1n) is 5.46. The molecule has 0 aliphatic rings. The summed E-state index contributed by atoms with van der Waals surface area (Å²) in [6.45, 7) is 3.86. The van der Waals surface area contributed by atoms with Crippen molar-refractivity contribution >= 4 is 29.1 Å². The number of hydrogen-bond acceptors (Lipinski definition) is 2. The minimum Gasteiger partial charge on any atom is -0.368 e. The standard InChI is InChI=1S/C12H16Cl2N2O/c1-3-11(12(15)17)16-7(2)8-4-5-9(13)10(14)6-8/h4-7,11,16H,3H2,1-2H3,(H2,15,17)/t7-,11-/m0/s1. The van der Waals surface area contributed by atoms with Crippen LogP contribution in [0.15, 0.2) is 18.2 Å². The highest BCUT2D eigenvalue weighted by molar-refractivity contribution is 6.42. The molecule has 0 saturated carbocycles. The van der Waals surface area contributed by atoms with Crippen molar-refractivity contribution in [1.82, 2.24) is 5.32 Å². The second-order valence-electron chi connectivity index (χ2n) is 3.93. The Morgan fingerprint density at radius 2 is 2.06 bits per heavy atom. The van der Waals surface area contributed by atoms with E-state index in [-0.39, 0.29) is 18.0 Å². The van der Waals surface area contributed by atoms with Crippen LogP contribution in [-0.4, -0.2) is 11.9 Å². The van der Waals surface area contributed by atoms with Gasteiger partial charge in [-0.1, -0.05) is 36.2 Å². The van der Waals surface area contributed by atoms with Crippen LogP contribution in [0.3, 0.4) is 0 Å². The highest BCUT2D eigenvalue weighted by atomic mass is 35.5. The monoisotopic (exact) mass is 274 g/mol. The van der Waals surface area contributed by atoms with Crippen LogP contribution in [0.1, 0.15) is 31.9 Å². The molecule has 1 aromatic carbocycles. The molecule has 1 amide bonds. The Morgan fingerprint density at radius 3 is 2.53 bits per heavy atom. The number of halogens is 2. The molecule has 0 unspecified atom stereocenters. The van der Waals surface area contributed by atoms with E-state index in [0.29, 0.717) is 16.5 Å². The number of carbonyl (C=O) groups excluding carboxylic acids is 1. The van der Waals surface area contributed by atoms with E-state index in [4.69, 9.17) is 28.9 Å². The third kappa shape index (κ3) is 3.87. The molecule has 0 fully saturated rings. The van der Waals surface area contributed by atoms with Crippen molar-refractivity contribution in [3.05, 3.63) is 33.8 Å². The van der Waals surface area contributed by atoms with Gasteiger partial charge in [-0.25, -0.2) is 0 Å². The Labute approximate surface area is 111 Å². The van der Waals surface area contributed by atoms with Crippen molar-refractivity contribution in [3.63, 3.8) is 0 Å². The number of nitrogens with two attached hydrogens (primary N) is 1. The summed E-state index contributed by atoms with van der Waals surface area (Å²) in [5, 5.41) is 4.18. The molecule has 0 radical (unpaired) electrons. The Morgan fingerprint density at radius 1 is 1.41 bits per heavy atom. The van der Waals surface area contributed by atoms with Crippen LogP contribution in [0, 0.1) is 0 Å². The first-order chi connectivity index (χ1) is 7.95. The summed E-state index contributed by atoms with van der Waals surface area (Å²) in [5.41, 5.74) is 6.25. The Bertz CT molecular complexity index is 409. The molecule has 5 heteroatoms. The summed E-state index contributed by atoms with van der Waals surface area (Å²) >= 11 is 11.8. The van der Waals surface area contributed by atoms with Crippen LogP contribution in [0.25, 0.3) is 0 Å². The van der Waals surface area contributed by atoms with Crippen molar-refractivity contribution < 1.29 is 4.79 Å². The number of nitrogens with one attached hydrogen (secondary N) is 1.